The minimum Gasteiger partial charge on any atom is -0.342 e. The van der Waals surface area contributed by atoms with Crippen molar-refractivity contribution in [1.82, 2.24) is 14.4 Å². The Bertz CT molecular complexity index is 528. The Balaban J connectivity index is 1.50. The highest BCUT2D eigenvalue weighted by molar-refractivity contribution is 5.28. The van der Waals surface area contributed by atoms with Crippen LogP contribution in [0.1, 0.15) is 43.9 Å². The lowest BCUT2D eigenvalue weighted by Crippen LogP contribution is -2.42. The molecule has 0 spiro atoms. The van der Waals surface area contributed by atoms with Crippen molar-refractivity contribution in [2.24, 2.45) is 13.0 Å². The minimum absolute atomic E-state index is 0.756. The Morgan fingerprint density at radius 2 is 1.91 bits per heavy atom. The summed E-state index contributed by atoms with van der Waals surface area (Å²) in [4.78, 5) is 5.24. The lowest BCUT2D eigenvalue weighted by Gasteiger charge is -2.38. The van der Waals surface area contributed by atoms with Crippen molar-refractivity contribution in [1.29, 1.82) is 5.26 Å². The zero-order chi connectivity index (χ0) is 15.5. The fourth-order valence-corrected chi connectivity index (χ4v) is 4.13. The molecule has 0 aromatic carbocycles. The first-order chi connectivity index (χ1) is 10.7. The molecule has 0 unspecified atom stereocenters. The van der Waals surface area contributed by atoms with Crippen LogP contribution in [0.2, 0.25) is 0 Å². The van der Waals surface area contributed by atoms with E-state index in [-0.39, 0.29) is 0 Å². The van der Waals surface area contributed by atoms with Crippen LogP contribution in [0.15, 0.2) is 12.3 Å². The van der Waals surface area contributed by atoms with Gasteiger partial charge in [0.25, 0.3) is 0 Å². The van der Waals surface area contributed by atoms with Gasteiger partial charge in [-0.1, -0.05) is 0 Å². The van der Waals surface area contributed by atoms with Gasteiger partial charge in [0.05, 0.1) is 0 Å². The molecular weight excluding hydrogens is 272 g/mol. The van der Waals surface area contributed by atoms with Crippen molar-refractivity contribution in [3.05, 3.63) is 23.5 Å². The lowest BCUT2D eigenvalue weighted by molar-refractivity contribution is 0.108. The topological polar surface area (TPSA) is 35.2 Å². The number of hydrogen-bond acceptors (Lipinski definition) is 3. The van der Waals surface area contributed by atoms with E-state index in [1.165, 1.54) is 57.4 Å². The first-order valence-electron chi connectivity index (χ1n) is 8.69. The van der Waals surface area contributed by atoms with Crippen molar-refractivity contribution in [2.75, 3.05) is 26.2 Å². The Labute approximate surface area is 134 Å². The van der Waals surface area contributed by atoms with Gasteiger partial charge in [-0.2, -0.15) is 5.26 Å². The molecule has 0 aliphatic carbocycles. The second-order valence-corrected chi connectivity index (χ2v) is 7.05. The normalized spacial score (nSPS) is 22.8. The molecular formula is C18H28N4. The molecule has 0 saturated carbocycles. The highest BCUT2D eigenvalue weighted by atomic mass is 15.2. The number of aromatic nitrogens is 1. The molecule has 0 N–H and O–H groups in total. The molecule has 22 heavy (non-hydrogen) atoms. The third kappa shape index (κ3) is 3.37. The average Bonchev–Trinajstić information content (AvgIpc) is 3.17. The van der Waals surface area contributed by atoms with E-state index in [2.05, 4.69) is 29.0 Å². The Kier molecular flexibility index (Phi) is 4.85. The van der Waals surface area contributed by atoms with Crippen LogP contribution in [-0.4, -0.2) is 46.6 Å². The first kappa shape index (κ1) is 15.6. The van der Waals surface area contributed by atoms with Crippen molar-refractivity contribution in [3.8, 4) is 6.07 Å². The van der Waals surface area contributed by atoms with Crippen LogP contribution >= 0.6 is 0 Å². The molecule has 3 rings (SSSR count). The monoisotopic (exact) mass is 300 g/mol. The summed E-state index contributed by atoms with van der Waals surface area (Å²) < 4.78 is 1.93. The Morgan fingerprint density at radius 1 is 1.23 bits per heavy atom. The first-order valence-corrected chi connectivity index (χ1v) is 8.69. The largest absolute Gasteiger partial charge is 0.342 e. The van der Waals surface area contributed by atoms with Crippen molar-refractivity contribution >= 4 is 0 Å². The van der Waals surface area contributed by atoms with Crippen molar-refractivity contribution in [3.63, 3.8) is 0 Å². The Hall–Kier alpha value is -1.31. The number of nitrogens with zero attached hydrogens (tertiary/aromatic N) is 4. The van der Waals surface area contributed by atoms with E-state index in [9.17, 15) is 0 Å². The summed E-state index contributed by atoms with van der Waals surface area (Å²) >= 11 is 0. The van der Waals surface area contributed by atoms with Crippen LogP contribution < -0.4 is 0 Å². The molecule has 2 aliphatic heterocycles. The van der Waals surface area contributed by atoms with E-state index in [4.69, 9.17) is 5.26 Å². The molecule has 1 aromatic heterocycles. The molecule has 4 heteroatoms. The number of hydrogen-bond donors (Lipinski definition) is 0. The molecule has 2 fully saturated rings. The van der Waals surface area contributed by atoms with Crippen LogP contribution in [0, 0.1) is 17.2 Å². The van der Waals surface area contributed by atoms with Gasteiger partial charge in [0.15, 0.2) is 0 Å². The summed E-state index contributed by atoms with van der Waals surface area (Å²) in [5, 5.41) is 9.05. The predicted molar refractivity (Wildman–Crippen MR) is 88.4 cm³/mol. The third-order valence-electron chi connectivity index (χ3n) is 5.61. The van der Waals surface area contributed by atoms with E-state index in [1.807, 2.05) is 17.7 Å². The van der Waals surface area contributed by atoms with Gasteiger partial charge in [-0.25, -0.2) is 0 Å². The summed E-state index contributed by atoms with van der Waals surface area (Å²) in [7, 11) is 1.95. The van der Waals surface area contributed by atoms with Crippen molar-refractivity contribution < 1.29 is 0 Å². The summed E-state index contributed by atoms with van der Waals surface area (Å²) in [5.74, 6) is 0.861. The molecule has 2 saturated heterocycles. The molecule has 0 bridgehead atoms. The fraction of sp³-hybridized carbons (Fsp3) is 0.722. The van der Waals surface area contributed by atoms with E-state index in [0.717, 1.165) is 24.2 Å². The number of likely N-dealkylation sites (tertiary alicyclic amines) is 2. The van der Waals surface area contributed by atoms with Crippen LogP contribution in [0.5, 0.6) is 0 Å². The number of rotatable bonds is 4. The second kappa shape index (κ2) is 6.85. The number of aryl methyl sites for hydroxylation is 1. The van der Waals surface area contributed by atoms with Gasteiger partial charge in [-0.15, -0.1) is 0 Å². The van der Waals surface area contributed by atoms with Gasteiger partial charge < -0.3 is 9.47 Å². The van der Waals surface area contributed by atoms with E-state index < -0.39 is 0 Å². The van der Waals surface area contributed by atoms with Gasteiger partial charge in [0.2, 0.25) is 0 Å². The molecule has 120 valence electrons. The van der Waals surface area contributed by atoms with E-state index in [1.54, 1.807) is 0 Å². The molecule has 2 aliphatic rings. The van der Waals surface area contributed by atoms with Crippen LogP contribution in [-0.2, 0) is 13.6 Å². The lowest BCUT2D eigenvalue weighted by atomic mass is 9.89. The highest BCUT2D eigenvalue weighted by Gasteiger charge is 2.28. The predicted octanol–water partition coefficient (Wildman–Crippen LogP) is 2.59. The standard InChI is InChI=1S/C18H28N4/c1-15(22-7-3-4-8-22)17-5-9-21(10-6-17)14-16-11-18(12-19)20(2)13-16/h11,13,15,17H,3-10,14H2,1-2H3/t15-/m1/s1. The molecule has 1 aromatic rings. The maximum atomic E-state index is 9.05. The van der Waals surface area contributed by atoms with E-state index >= 15 is 0 Å². The zero-order valence-electron chi connectivity index (χ0n) is 14.0. The SMILES string of the molecule is C[C@H](C1CCN(Cc2cc(C#N)n(C)c2)CC1)N1CCCC1. The number of nitriles is 1. The van der Waals surface area contributed by atoms with Crippen molar-refractivity contribution in [2.45, 2.75) is 45.2 Å². The van der Waals surface area contributed by atoms with Gasteiger partial charge in [-0.05, 0) is 76.3 Å². The second-order valence-electron chi connectivity index (χ2n) is 7.05. The van der Waals surface area contributed by atoms with Crippen LogP contribution in [0.25, 0.3) is 0 Å². The minimum atomic E-state index is 0.756. The van der Waals surface area contributed by atoms with E-state index in [0.29, 0.717) is 0 Å². The summed E-state index contributed by atoms with van der Waals surface area (Å²) in [6, 6.07) is 5.03. The van der Waals surface area contributed by atoms with Gasteiger partial charge in [-0.3, -0.25) is 4.90 Å². The summed E-state index contributed by atoms with van der Waals surface area (Å²) in [6.45, 7) is 8.42. The average molecular weight is 300 g/mol. The maximum absolute atomic E-state index is 9.05. The molecule has 1 atom stereocenters. The third-order valence-corrected chi connectivity index (χ3v) is 5.61. The quantitative estimate of drug-likeness (QED) is 0.857. The van der Waals surface area contributed by atoms with Crippen LogP contribution in [0.4, 0.5) is 0 Å². The molecule has 0 radical (unpaired) electrons. The van der Waals surface area contributed by atoms with Gasteiger partial charge in [0.1, 0.15) is 11.8 Å². The fourth-order valence-electron chi connectivity index (χ4n) is 4.13. The summed E-state index contributed by atoms with van der Waals surface area (Å²) in [5.41, 5.74) is 2.03. The Morgan fingerprint density at radius 3 is 2.50 bits per heavy atom. The molecule has 4 nitrogen and oxygen atoms in total. The smallest absolute Gasteiger partial charge is 0.120 e. The number of piperidine rings is 1. The zero-order valence-corrected chi connectivity index (χ0v) is 14.0. The molecule has 0 amide bonds. The van der Waals surface area contributed by atoms with Crippen LogP contribution in [0.3, 0.4) is 0 Å². The van der Waals surface area contributed by atoms with Gasteiger partial charge >= 0.3 is 0 Å². The van der Waals surface area contributed by atoms with Gasteiger partial charge in [0, 0.05) is 25.8 Å². The summed E-state index contributed by atoms with van der Waals surface area (Å²) in [6.07, 6.45) is 7.50. The highest BCUT2D eigenvalue weighted by Crippen LogP contribution is 2.27. The maximum Gasteiger partial charge on any atom is 0.120 e. The molecule has 3 heterocycles.